The summed E-state index contributed by atoms with van der Waals surface area (Å²) in [5.41, 5.74) is -4.41. The number of carboxylic acid groups (broad SMARTS) is 1. The van der Waals surface area contributed by atoms with Crippen LogP contribution in [0.1, 0.15) is 69.3 Å². The average molecular weight is 743 g/mol. The number of pyridine rings is 1. The highest BCUT2D eigenvalue weighted by Gasteiger charge is 2.57. The molecule has 50 heavy (non-hydrogen) atoms. The van der Waals surface area contributed by atoms with Gasteiger partial charge in [0.05, 0.1) is 34.4 Å². The number of fused-ring (bicyclic) bond motifs is 1. The number of benzene rings is 2. The number of alkyl halides is 1. The summed E-state index contributed by atoms with van der Waals surface area (Å²) < 4.78 is 43.9. The topological polar surface area (TPSA) is 200 Å². The van der Waals surface area contributed by atoms with E-state index in [1.54, 1.807) is 19.1 Å². The van der Waals surface area contributed by atoms with E-state index in [1.807, 2.05) is 0 Å². The number of hydrogen-bond acceptors (Lipinski definition) is 10. The van der Waals surface area contributed by atoms with Crippen LogP contribution in [0, 0.1) is 5.82 Å². The molecule has 0 radical (unpaired) electrons. The zero-order chi connectivity index (χ0) is 37.1. The molecule has 1 amide bonds. The monoisotopic (exact) mass is 741 g/mol. The van der Waals surface area contributed by atoms with E-state index in [0.717, 1.165) is 17.0 Å². The number of hydrogen-bond donors (Lipinski definition) is 5. The standard InChI is InChI=1S/C30H28Cl2F2N2O6.C4H11NO3/c1-3-29(40,28(34)8-10-42-11-9-28)18-12-22-25(23(33)13-18)30(41-2,17-4-6-19(31)7-5-17)36(26(22)37)16-24-21(27(38)39)14-20(32)15-35-24;5-4(1-6,2-7)3-8/h4-7,12-15,40H,3,8-11,16H2,1-2H3,(H,38,39);6-8H,1-3,5H2/t29-,30-;/m1./s1. The minimum Gasteiger partial charge on any atom is -0.545 e. The fourth-order valence-corrected chi connectivity index (χ4v) is 6.51. The molecule has 1 aromatic heterocycles. The van der Waals surface area contributed by atoms with Crippen molar-refractivity contribution in [3.05, 3.63) is 98.0 Å². The molecular formula is C34H39Cl2F2N3O9. The Morgan fingerprint density at radius 3 is 2.20 bits per heavy atom. The smallest absolute Gasteiger partial charge is 0.257 e. The first-order chi connectivity index (χ1) is 23.6. The first kappa shape index (κ1) is 39.5. The van der Waals surface area contributed by atoms with Crippen molar-refractivity contribution in [2.45, 2.75) is 55.3 Å². The fourth-order valence-electron chi connectivity index (χ4n) is 6.23. The van der Waals surface area contributed by atoms with Gasteiger partial charge in [-0.05, 0) is 42.3 Å². The number of carboxylic acids is 1. The minimum atomic E-state index is -2.13. The molecule has 16 heteroatoms. The highest BCUT2D eigenvalue weighted by atomic mass is 35.5. The van der Waals surface area contributed by atoms with Gasteiger partial charge in [0.1, 0.15) is 36.9 Å². The molecule has 2 aromatic carbocycles. The van der Waals surface area contributed by atoms with Crippen LogP contribution in [-0.2, 0) is 27.3 Å². The van der Waals surface area contributed by atoms with Crippen molar-refractivity contribution >= 4 is 35.1 Å². The van der Waals surface area contributed by atoms with E-state index in [-0.39, 0.29) is 85.3 Å². The Balaban J connectivity index is 0.000000627. The van der Waals surface area contributed by atoms with E-state index in [4.69, 9.17) is 48.0 Å². The average Bonchev–Trinajstić information content (AvgIpc) is 3.36. The number of nitrogens with zero attached hydrogens (tertiary/aromatic N) is 2. The molecule has 0 aliphatic carbocycles. The molecule has 3 heterocycles. The van der Waals surface area contributed by atoms with Crippen molar-refractivity contribution in [1.82, 2.24) is 9.88 Å². The van der Waals surface area contributed by atoms with E-state index in [2.05, 4.69) is 10.7 Å². The van der Waals surface area contributed by atoms with E-state index in [9.17, 15) is 19.8 Å². The second-order valence-corrected chi connectivity index (χ2v) is 13.2. The van der Waals surface area contributed by atoms with Crippen molar-refractivity contribution < 1.29 is 59.1 Å². The molecular weight excluding hydrogens is 703 g/mol. The Morgan fingerprint density at radius 1 is 1.10 bits per heavy atom. The lowest BCUT2D eigenvalue weighted by atomic mass is 9.72. The highest BCUT2D eigenvalue weighted by molar-refractivity contribution is 6.31. The lowest BCUT2D eigenvalue weighted by Gasteiger charge is -2.44. The van der Waals surface area contributed by atoms with Gasteiger partial charge in [0, 0.05) is 55.5 Å². The Labute approximate surface area is 297 Å². The van der Waals surface area contributed by atoms with Crippen LogP contribution in [0.2, 0.25) is 10.0 Å². The van der Waals surface area contributed by atoms with E-state index in [0.29, 0.717) is 10.6 Å². The maximum Gasteiger partial charge on any atom is 0.257 e. The van der Waals surface area contributed by atoms with Gasteiger partial charge < -0.3 is 45.5 Å². The van der Waals surface area contributed by atoms with Crippen LogP contribution in [0.4, 0.5) is 8.78 Å². The van der Waals surface area contributed by atoms with Crippen LogP contribution in [0.5, 0.6) is 0 Å². The third kappa shape index (κ3) is 7.09. The van der Waals surface area contributed by atoms with Gasteiger partial charge in [-0.2, -0.15) is 0 Å². The number of rotatable bonds is 11. The quantitative estimate of drug-likeness (QED) is 0.192. The number of carbonyl (C=O) groups excluding carboxylic acids is 2. The molecule has 2 atom stereocenters. The summed E-state index contributed by atoms with van der Waals surface area (Å²) in [6, 6.07) is 9.59. The Bertz CT molecular complexity index is 1700. The number of amides is 1. The Morgan fingerprint density at radius 2 is 1.70 bits per heavy atom. The van der Waals surface area contributed by atoms with Crippen molar-refractivity contribution in [1.29, 1.82) is 0 Å². The zero-order valence-corrected chi connectivity index (χ0v) is 28.9. The van der Waals surface area contributed by atoms with Gasteiger partial charge >= 0.3 is 0 Å². The number of aromatic carboxylic acids is 1. The van der Waals surface area contributed by atoms with Crippen LogP contribution < -0.4 is 10.8 Å². The van der Waals surface area contributed by atoms with E-state index >= 15 is 8.78 Å². The van der Waals surface area contributed by atoms with Crippen molar-refractivity contribution in [3.63, 3.8) is 0 Å². The molecule has 1 saturated heterocycles. The molecule has 3 aromatic rings. The van der Waals surface area contributed by atoms with Gasteiger partial charge in [-0.1, -0.05) is 42.3 Å². The van der Waals surface area contributed by atoms with Crippen LogP contribution in [0.25, 0.3) is 0 Å². The SMILES string of the molecule is CC[C@@](O)(c1cc(F)c2c(c1)C(=O)N(Cc1ncc(Cl)cc1C(=O)[O-])[C@@]2(OC)c1ccc(Cl)cc1)C1(F)CCOCC1.[NH3+]C(CO)(CO)CO. The number of carbonyl (C=O) groups is 2. The van der Waals surface area contributed by atoms with Crippen LogP contribution >= 0.6 is 23.2 Å². The summed E-state index contributed by atoms with van der Waals surface area (Å²) in [7, 11) is 1.27. The number of aliphatic hydroxyl groups excluding tert-OH is 3. The van der Waals surface area contributed by atoms with Gasteiger partial charge in [-0.3, -0.25) is 14.7 Å². The normalized spacial score (nSPS) is 19.7. The molecule has 272 valence electrons. The molecule has 2 aliphatic heterocycles. The first-order valence-electron chi connectivity index (χ1n) is 15.6. The van der Waals surface area contributed by atoms with E-state index in [1.165, 1.54) is 31.5 Å². The minimum absolute atomic E-state index is 0.0347. The molecule has 0 saturated carbocycles. The van der Waals surface area contributed by atoms with Gasteiger partial charge in [-0.25, -0.2) is 8.78 Å². The van der Waals surface area contributed by atoms with Crippen molar-refractivity contribution in [2.24, 2.45) is 0 Å². The number of aliphatic hydroxyl groups is 4. The second kappa shape index (κ2) is 15.5. The maximum absolute atomic E-state index is 16.4. The molecule has 12 nitrogen and oxygen atoms in total. The number of quaternary nitrogens is 1. The lowest BCUT2D eigenvalue weighted by Crippen LogP contribution is -2.78. The predicted octanol–water partition coefficient (Wildman–Crippen LogP) is 1.45. The lowest BCUT2D eigenvalue weighted by molar-refractivity contribution is -0.494. The van der Waals surface area contributed by atoms with Crippen LogP contribution in [0.15, 0.2) is 48.7 Å². The first-order valence-corrected chi connectivity index (χ1v) is 16.4. The summed E-state index contributed by atoms with van der Waals surface area (Å²) in [4.78, 5) is 31.3. The maximum atomic E-state index is 16.4. The van der Waals surface area contributed by atoms with Crippen LogP contribution in [-0.4, -0.2) is 93.5 Å². The molecule has 5 rings (SSSR count). The summed E-state index contributed by atoms with van der Waals surface area (Å²) in [5.74, 6) is -3.27. The highest BCUT2D eigenvalue weighted by Crippen LogP contribution is 2.51. The molecule has 1 fully saturated rings. The molecule has 0 unspecified atom stereocenters. The van der Waals surface area contributed by atoms with Crippen molar-refractivity contribution in [2.75, 3.05) is 40.1 Å². The van der Waals surface area contributed by atoms with Gasteiger partial charge in [0.25, 0.3) is 5.91 Å². The predicted molar refractivity (Wildman–Crippen MR) is 174 cm³/mol. The largest absolute Gasteiger partial charge is 0.545 e. The van der Waals surface area contributed by atoms with E-state index < -0.39 is 46.8 Å². The number of ether oxygens (including phenoxy) is 2. The second-order valence-electron chi connectivity index (χ2n) is 12.3. The molecule has 7 N–H and O–H groups in total. The summed E-state index contributed by atoms with van der Waals surface area (Å²) >= 11 is 12.1. The summed E-state index contributed by atoms with van der Waals surface area (Å²) in [5, 5.41) is 49.2. The molecule has 0 bridgehead atoms. The number of aromatic nitrogens is 1. The third-order valence-electron chi connectivity index (χ3n) is 9.30. The summed E-state index contributed by atoms with van der Waals surface area (Å²) in [6.45, 7) is 0.410. The summed E-state index contributed by atoms with van der Waals surface area (Å²) in [6.07, 6.45) is 0.882. The Kier molecular flexibility index (Phi) is 12.2. The van der Waals surface area contributed by atoms with Gasteiger partial charge in [0.2, 0.25) is 0 Å². The fraction of sp³-hybridized carbons (Fsp3) is 0.441. The molecule has 2 aliphatic rings. The van der Waals surface area contributed by atoms with Crippen LogP contribution in [0.3, 0.4) is 0 Å². The number of methoxy groups -OCH3 is 1. The van der Waals surface area contributed by atoms with Crippen molar-refractivity contribution in [3.8, 4) is 0 Å². The third-order valence-corrected chi connectivity index (χ3v) is 9.76. The Hall–Kier alpha value is -3.31. The molecule has 0 spiro atoms. The number of halogens is 4. The van der Waals surface area contributed by atoms with Gasteiger partial charge in [-0.15, -0.1) is 0 Å². The van der Waals surface area contributed by atoms with Gasteiger partial charge in [0.15, 0.2) is 11.3 Å². The zero-order valence-electron chi connectivity index (χ0n) is 27.4.